The Balaban J connectivity index is 2.16. The van der Waals surface area contributed by atoms with Crippen LogP contribution in [0, 0.1) is 0 Å². The quantitative estimate of drug-likeness (QED) is 0.582. The van der Waals surface area contributed by atoms with E-state index in [4.69, 9.17) is 15.6 Å². The Morgan fingerprint density at radius 1 is 1.70 bits per heavy atom. The van der Waals surface area contributed by atoms with Gasteiger partial charge in [-0.05, 0) is 19.8 Å². The van der Waals surface area contributed by atoms with Crippen molar-refractivity contribution in [2.45, 2.75) is 31.4 Å². The molecular weight excluding hydrogens is 130 g/mol. The molecule has 0 aromatic heterocycles. The maximum Gasteiger partial charge on any atom is 0.0613 e. The maximum absolute atomic E-state index is 8.75. The summed E-state index contributed by atoms with van der Waals surface area (Å²) in [6.45, 7) is 2.79. The molecule has 0 amide bonds. The molecule has 1 saturated carbocycles. The van der Waals surface area contributed by atoms with Gasteiger partial charge < -0.3 is 15.6 Å². The topological polar surface area (TPSA) is 55.5 Å². The van der Waals surface area contributed by atoms with Crippen LogP contribution in [0.4, 0.5) is 0 Å². The SMILES string of the molecule is CCOC1CC(N)(CO)C1. The van der Waals surface area contributed by atoms with E-state index in [-0.39, 0.29) is 12.1 Å². The summed E-state index contributed by atoms with van der Waals surface area (Å²) in [4.78, 5) is 0. The van der Waals surface area contributed by atoms with Crippen LogP contribution in [0.3, 0.4) is 0 Å². The summed E-state index contributed by atoms with van der Waals surface area (Å²) in [5.41, 5.74) is 5.36. The van der Waals surface area contributed by atoms with Crippen molar-refractivity contribution in [3.63, 3.8) is 0 Å². The summed E-state index contributed by atoms with van der Waals surface area (Å²) in [7, 11) is 0. The van der Waals surface area contributed by atoms with Crippen LogP contribution in [-0.2, 0) is 4.74 Å². The second-order valence-electron chi connectivity index (χ2n) is 3.01. The molecule has 3 nitrogen and oxygen atoms in total. The van der Waals surface area contributed by atoms with Crippen LogP contribution < -0.4 is 5.73 Å². The van der Waals surface area contributed by atoms with Gasteiger partial charge in [-0.1, -0.05) is 0 Å². The Morgan fingerprint density at radius 2 is 2.30 bits per heavy atom. The Bertz CT molecular complexity index is 110. The second kappa shape index (κ2) is 2.86. The highest BCUT2D eigenvalue weighted by molar-refractivity contribution is 4.98. The molecular formula is C7H15NO2. The summed E-state index contributed by atoms with van der Waals surface area (Å²) in [6, 6.07) is 0. The first-order valence-electron chi connectivity index (χ1n) is 3.71. The number of aliphatic hydroxyl groups is 1. The van der Waals surface area contributed by atoms with Crippen molar-refractivity contribution >= 4 is 0 Å². The third-order valence-corrected chi connectivity index (χ3v) is 1.99. The van der Waals surface area contributed by atoms with E-state index in [1.165, 1.54) is 0 Å². The van der Waals surface area contributed by atoms with Crippen molar-refractivity contribution in [2.75, 3.05) is 13.2 Å². The zero-order valence-corrected chi connectivity index (χ0v) is 6.34. The third kappa shape index (κ3) is 1.48. The van der Waals surface area contributed by atoms with Gasteiger partial charge in [-0.15, -0.1) is 0 Å². The van der Waals surface area contributed by atoms with Crippen molar-refractivity contribution in [2.24, 2.45) is 5.73 Å². The van der Waals surface area contributed by atoms with Crippen LogP contribution in [0.1, 0.15) is 19.8 Å². The van der Waals surface area contributed by atoms with Gasteiger partial charge >= 0.3 is 0 Å². The number of hydrogen-bond acceptors (Lipinski definition) is 3. The highest BCUT2D eigenvalue weighted by atomic mass is 16.5. The van der Waals surface area contributed by atoms with Gasteiger partial charge in [0, 0.05) is 12.1 Å². The van der Waals surface area contributed by atoms with Crippen molar-refractivity contribution in [1.82, 2.24) is 0 Å². The van der Waals surface area contributed by atoms with Gasteiger partial charge in [0.25, 0.3) is 0 Å². The van der Waals surface area contributed by atoms with Gasteiger partial charge in [-0.25, -0.2) is 0 Å². The van der Waals surface area contributed by atoms with Gasteiger partial charge in [0.1, 0.15) is 0 Å². The lowest BCUT2D eigenvalue weighted by Crippen LogP contribution is -2.57. The van der Waals surface area contributed by atoms with E-state index in [1.54, 1.807) is 0 Å². The third-order valence-electron chi connectivity index (χ3n) is 1.99. The van der Waals surface area contributed by atoms with Crippen molar-refractivity contribution in [3.05, 3.63) is 0 Å². The standard InChI is InChI=1S/C7H15NO2/c1-2-10-6-3-7(8,4-6)5-9/h6,9H,2-5,8H2,1H3. The molecule has 3 heteroatoms. The first kappa shape index (κ1) is 7.98. The van der Waals surface area contributed by atoms with Crippen LogP contribution in [-0.4, -0.2) is 30.0 Å². The number of aliphatic hydroxyl groups excluding tert-OH is 1. The minimum Gasteiger partial charge on any atom is -0.394 e. The summed E-state index contributed by atoms with van der Waals surface area (Å²) in [5.74, 6) is 0. The Labute approximate surface area is 61.2 Å². The Kier molecular flexibility index (Phi) is 2.28. The second-order valence-corrected chi connectivity index (χ2v) is 3.01. The minimum atomic E-state index is -0.333. The molecule has 0 radical (unpaired) electrons. The number of ether oxygens (including phenoxy) is 1. The summed E-state index contributed by atoms with van der Waals surface area (Å²) < 4.78 is 5.28. The van der Waals surface area contributed by atoms with Gasteiger partial charge in [0.15, 0.2) is 0 Å². The number of hydrogen-bond donors (Lipinski definition) is 2. The molecule has 0 atom stereocenters. The van der Waals surface area contributed by atoms with E-state index in [9.17, 15) is 0 Å². The summed E-state index contributed by atoms with van der Waals surface area (Å²) in [5, 5.41) is 8.75. The lowest BCUT2D eigenvalue weighted by atomic mass is 9.76. The molecule has 1 rings (SSSR count). The van der Waals surface area contributed by atoms with Gasteiger partial charge in [-0.2, -0.15) is 0 Å². The fourth-order valence-corrected chi connectivity index (χ4v) is 1.33. The predicted octanol–water partition coefficient (Wildman–Crippen LogP) is -0.125. The van der Waals surface area contributed by atoms with E-state index in [0.717, 1.165) is 19.4 Å². The van der Waals surface area contributed by atoms with Gasteiger partial charge in [-0.3, -0.25) is 0 Å². The van der Waals surface area contributed by atoms with E-state index >= 15 is 0 Å². The summed E-state index contributed by atoms with van der Waals surface area (Å²) in [6.07, 6.45) is 1.90. The zero-order chi connectivity index (χ0) is 7.61. The molecule has 0 aromatic rings. The average Bonchev–Trinajstić information content (AvgIpc) is 1.85. The van der Waals surface area contributed by atoms with Crippen molar-refractivity contribution in [1.29, 1.82) is 0 Å². The molecule has 0 heterocycles. The minimum absolute atomic E-state index is 0.0799. The first-order chi connectivity index (χ1) is 4.70. The van der Waals surface area contributed by atoms with Crippen LogP contribution in [0.5, 0.6) is 0 Å². The molecule has 1 fully saturated rings. The molecule has 3 N–H and O–H groups in total. The Morgan fingerprint density at radius 3 is 2.70 bits per heavy atom. The molecule has 0 aliphatic heterocycles. The monoisotopic (exact) mass is 145 g/mol. The molecule has 0 saturated heterocycles. The van der Waals surface area contributed by atoms with Crippen molar-refractivity contribution < 1.29 is 9.84 Å². The van der Waals surface area contributed by atoms with E-state index in [2.05, 4.69) is 0 Å². The van der Waals surface area contributed by atoms with Crippen LogP contribution >= 0.6 is 0 Å². The van der Waals surface area contributed by atoms with Crippen LogP contribution in [0.2, 0.25) is 0 Å². The fraction of sp³-hybridized carbons (Fsp3) is 1.00. The highest BCUT2D eigenvalue weighted by Gasteiger charge is 2.40. The lowest BCUT2D eigenvalue weighted by Gasteiger charge is -2.43. The smallest absolute Gasteiger partial charge is 0.0613 e. The molecule has 10 heavy (non-hydrogen) atoms. The zero-order valence-electron chi connectivity index (χ0n) is 6.34. The van der Waals surface area contributed by atoms with Crippen LogP contribution in [0.25, 0.3) is 0 Å². The van der Waals surface area contributed by atoms with Gasteiger partial charge in [0.2, 0.25) is 0 Å². The summed E-state index contributed by atoms with van der Waals surface area (Å²) >= 11 is 0. The molecule has 1 aliphatic carbocycles. The molecule has 0 bridgehead atoms. The highest BCUT2D eigenvalue weighted by Crippen LogP contribution is 2.31. The largest absolute Gasteiger partial charge is 0.394 e. The van der Waals surface area contributed by atoms with Crippen LogP contribution in [0.15, 0.2) is 0 Å². The number of rotatable bonds is 3. The van der Waals surface area contributed by atoms with E-state index in [0.29, 0.717) is 6.10 Å². The molecule has 0 unspecified atom stereocenters. The van der Waals surface area contributed by atoms with Crippen molar-refractivity contribution in [3.8, 4) is 0 Å². The fourth-order valence-electron chi connectivity index (χ4n) is 1.33. The molecule has 0 spiro atoms. The number of nitrogens with two attached hydrogens (primary N) is 1. The lowest BCUT2D eigenvalue weighted by molar-refractivity contribution is -0.0539. The first-order valence-corrected chi connectivity index (χ1v) is 3.71. The molecule has 1 aliphatic rings. The van der Waals surface area contributed by atoms with E-state index < -0.39 is 0 Å². The van der Waals surface area contributed by atoms with Gasteiger partial charge in [0.05, 0.1) is 12.7 Å². The van der Waals surface area contributed by atoms with E-state index in [1.807, 2.05) is 6.92 Å². The predicted molar refractivity (Wildman–Crippen MR) is 38.7 cm³/mol. The normalized spacial score (nSPS) is 39.3. The molecule has 60 valence electrons. The Hall–Kier alpha value is -0.120. The average molecular weight is 145 g/mol. The molecule has 0 aromatic carbocycles. The maximum atomic E-state index is 8.75.